The average molecular weight is 274 g/mol. The van der Waals surface area contributed by atoms with Crippen LogP contribution in [0, 0.1) is 5.92 Å². The molecule has 0 radical (unpaired) electrons. The second kappa shape index (κ2) is 9.64. The fourth-order valence-corrected chi connectivity index (χ4v) is 3.16. The summed E-state index contributed by atoms with van der Waals surface area (Å²) in [5.41, 5.74) is 0. The molecule has 1 atom stereocenters. The molecule has 106 valence electrons. The minimum Gasteiger partial charge on any atom is -0.396 e. The van der Waals surface area contributed by atoms with Crippen LogP contribution in [-0.2, 0) is 4.79 Å². The highest BCUT2D eigenvalue weighted by atomic mass is 32.2. The summed E-state index contributed by atoms with van der Waals surface area (Å²) in [6.45, 7) is 5.15. The van der Waals surface area contributed by atoms with E-state index in [9.17, 15) is 4.79 Å². The lowest BCUT2D eigenvalue weighted by Crippen LogP contribution is -2.33. The first kappa shape index (κ1) is 15.8. The van der Waals surface area contributed by atoms with E-state index in [1.807, 2.05) is 0 Å². The summed E-state index contributed by atoms with van der Waals surface area (Å²) in [5, 5.41) is 15.8. The van der Waals surface area contributed by atoms with Gasteiger partial charge in [-0.1, -0.05) is 13.3 Å². The SMILES string of the molecule is CCC(CCO)CNC(=O)CSC1CCNCC1. The van der Waals surface area contributed by atoms with Crippen LogP contribution in [0.2, 0.25) is 0 Å². The van der Waals surface area contributed by atoms with Crippen molar-refractivity contribution in [2.75, 3.05) is 32.0 Å². The van der Waals surface area contributed by atoms with Gasteiger partial charge in [0.05, 0.1) is 5.75 Å². The Morgan fingerprint density at radius 1 is 1.50 bits per heavy atom. The maximum atomic E-state index is 11.7. The van der Waals surface area contributed by atoms with E-state index in [1.54, 1.807) is 11.8 Å². The number of rotatable bonds is 8. The van der Waals surface area contributed by atoms with Crippen LogP contribution >= 0.6 is 11.8 Å². The number of aliphatic hydroxyl groups is 1. The molecule has 1 aliphatic heterocycles. The minimum absolute atomic E-state index is 0.134. The molecule has 5 heteroatoms. The number of carbonyl (C=O) groups excluding carboxylic acids is 1. The third kappa shape index (κ3) is 6.61. The van der Waals surface area contributed by atoms with E-state index in [4.69, 9.17) is 5.11 Å². The topological polar surface area (TPSA) is 61.4 Å². The molecule has 0 aromatic heterocycles. The molecule has 0 aliphatic carbocycles. The van der Waals surface area contributed by atoms with E-state index < -0.39 is 0 Å². The maximum Gasteiger partial charge on any atom is 0.230 e. The van der Waals surface area contributed by atoms with Crippen molar-refractivity contribution in [3.8, 4) is 0 Å². The Morgan fingerprint density at radius 3 is 2.83 bits per heavy atom. The second-order valence-electron chi connectivity index (χ2n) is 4.85. The molecule has 3 N–H and O–H groups in total. The molecule has 1 fully saturated rings. The molecule has 0 bridgehead atoms. The molecule has 0 aromatic carbocycles. The lowest BCUT2D eigenvalue weighted by Gasteiger charge is -2.22. The van der Waals surface area contributed by atoms with Gasteiger partial charge in [-0.15, -0.1) is 11.8 Å². The number of hydrogen-bond acceptors (Lipinski definition) is 4. The summed E-state index contributed by atoms with van der Waals surface area (Å²) in [4.78, 5) is 11.7. The maximum absolute atomic E-state index is 11.7. The number of carbonyl (C=O) groups is 1. The lowest BCUT2D eigenvalue weighted by atomic mass is 10.0. The highest BCUT2D eigenvalue weighted by molar-refractivity contribution is 8.00. The number of amides is 1. The summed E-state index contributed by atoms with van der Waals surface area (Å²) in [7, 11) is 0. The van der Waals surface area contributed by atoms with Crippen molar-refractivity contribution in [3.63, 3.8) is 0 Å². The van der Waals surface area contributed by atoms with Gasteiger partial charge in [-0.05, 0) is 38.3 Å². The van der Waals surface area contributed by atoms with E-state index in [2.05, 4.69) is 17.6 Å². The predicted molar refractivity (Wildman–Crippen MR) is 76.8 cm³/mol. The first-order valence-corrected chi connectivity index (χ1v) is 8.01. The number of piperidine rings is 1. The largest absolute Gasteiger partial charge is 0.396 e. The quantitative estimate of drug-likeness (QED) is 0.618. The number of thioether (sulfide) groups is 1. The van der Waals surface area contributed by atoms with Gasteiger partial charge >= 0.3 is 0 Å². The fourth-order valence-electron chi connectivity index (χ4n) is 2.10. The molecular weight excluding hydrogens is 248 g/mol. The van der Waals surface area contributed by atoms with Crippen molar-refractivity contribution >= 4 is 17.7 Å². The van der Waals surface area contributed by atoms with Crippen LogP contribution in [-0.4, -0.2) is 48.3 Å². The molecule has 4 nitrogen and oxygen atoms in total. The first-order chi connectivity index (χ1) is 8.76. The smallest absolute Gasteiger partial charge is 0.230 e. The zero-order chi connectivity index (χ0) is 13.2. The Balaban J connectivity index is 2.08. The number of hydrogen-bond donors (Lipinski definition) is 3. The molecule has 1 saturated heterocycles. The van der Waals surface area contributed by atoms with Gasteiger partial charge in [0.15, 0.2) is 0 Å². The van der Waals surface area contributed by atoms with E-state index in [1.165, 1.54) is 12.8 Å². The summed E-state index contributed by atoms with van der Waals surface area (Å²) >= 11 is 1.78. The molecular formula is C13H26N2O2S. The molecule has 1 aliphatic rings. The van der Waals surface area contributed by atoms with Gasteiger partial charge < -0.3 is 15.7 Å². The van der Waals surface area contributed by atoms with Crippen LogP contribution < -0.4 is 10.6 Å². The Kier molecular flexibility index (Phi) is 8.46. The van der Waals surface area contributed by atoms with E-state index in [-0.39, 0.29) is 12.5 Å². The Morgan fingerprint density at radius 2 is 2.22 bits per heavy atom. The Bertz CT molecular complexity index is 222. The zero-order valence-electron chi connectivity index (χ0n) is 11.3. The van der Waals surface area contributed by atoms with E-state index in [0.29, 0.717) is 23.5 Å². The molecule has 0 aromatic rings. The number of aliphatic hydroxyl groups excluding tert-OH is 1. The summed E-state index contributed by atoms with van der Waals surface area (Å²) in [6, 6.07) is 0. The summed E-state index contributed by atoms with van der Waals surface area (Å²) in [6.07, 6.45) is 4.11. The normalized spacial score (nSPS) is 18.6. The van der Waals surface area contributed by atoms with Crippen molar-refractivity contribution in [2.24, 2.45) is 5.92 Å². The average Bonchev–Trinajstić information content (AvgIpc) is 2.42. The van der Waals surface area contributed by atoms with Crippen molar-refractivity contribution in [2.45, 2.75) is 37.9 Å². The lowest BCUT2D eigenvalue weighted by molar-refractivity contribution is -0.118. The van der Waals surface area contributed by atoms with Gasteiger partial charge in [0.1, 0.15) is 0 Å². The molecule has 0 saturated carbocycles. The third-order valence-electron chi connectivity index (χ3n) is 3.44. The molecule has 1 heterocycles. The zero-order valence-corrected chi connectivity index (χ0v) is 12.1. The second-order valence-corrected chi connectivity index (χ2v) is 6.14. The Hall–Kier alpha value is -0.260. The summed E-state index contributed by atoms with van der Waals surface area (Å²) in [5.74, 6) is 1.11. The Labute approximate surface area is 114 Å². The minimum atomic E-state index is 0.134. The van der Waals surface area contributed by atoms with Crippen molar-refractivity contribution in [1.29, 1.82) is 0 Å². The van der Waals surface area contributed by atoms with Gasteiger partial charge in [0, 0.05) is 18.4 Å². The monoisotopic (exact) mass is 274 g/mol. The summed E-state index contributed by atoms with van der Waals surface area (Å²) < 4.78 is 0. The standard InChI is InChI=1S/C13H26N2O2S/c1-2-11(5-8-16)9-15-13(17)10-18-12-3-6-14-7-4-12/h11-12,14,16H,2-10H2,1H3,(H,15,17). The van der Waals surface area contributed by atoms with Gasteiger partial charge in [-0.3, -0.25) is 4.79 Å². The third-order valence-corrected chi connectivity index (χ3v) is 4.81. The van der Waals surface area contributed by atoms with Crippen molar-refractivity contribution in [1.82, 2.24) is 10.6 Å². The van der Waals surface area contributed by atoms with Crippen LogP contribution in [0.25, 0.3) is 0 Å². The predicted octanol–water partition coefficient (Wildman–Crippen LogP) is 0.996. The molecule has 1 unspecified atom stereocenters. The van der Waals surface area contributed by atoms with Crippen molar-refractivity contribution < 1.29 is 9.90 Å². The number of nitrogens with one attached hydrogen (secondary N) is 2. The van der Waals surface area contributed by atoms with Crippen molar-refractivity contribution in [3.05, 3.63) is 0 Å². The van der Waals surface area contributed by atoms with Gasteiger partial charge in [-0.2, -0.15) is 0 Å². The highest BCUT2D eigenvalue weighted by Crippen LogP contribution is 2.19. The van der Waals surface area contributed by atoms with E-state index >= 15 is 0 Å². The molecule has 1 amide bonds. The fraction of sp³-hybridized carbons (Fsp3) is 0.923. The van der Waals surface area contributed by atoms with Crippen LogP contribution in [0.4, 0.5) is 0 Å². The van der Waals surface area contributed by atoms with Gasteiger partial charge in [0.2, 0.25) is 5.91 Å². The van der Waals surface area contributed by atoms with Gasteiger partial charge in [-0.25, -0.2) is 0 Å². The van der Waals surface area contributed by atoms with Gasteiger partial charge in [0.25, 0.3) is 0 Å². The molecule has 18 heavy (non-hydrogen) atoms. The first-order valence-electron chi connectivity index (χ1n) is 6.96. The van der Waals surface area contributed by atoms with E-state index in [0.717, 1.165) is 25.9 Å². The molecule has 0 spiro atoms. The van der Waals surface area contributed by atoms with Crippen LogP contribution in [0.3, 0.4) is 0 Å². The van der Waals surface area contributed by atoms with Crippen LogP contribution in [0.15, 0.2) is 0 Å². The van der Waals surface area contributed by atoms with Crippen LogP contribution in [0.5, 0.6) is 0 Å². The van der Waals surface area contributed by atoms with Crippen LogP contribution in [0.1, 0.15) is 32.6 Å². The highest BCUT2D eigenvalue weighted by Gasteiger charge is 2.15. The molecule has 1 rings (SSSR count).